The van der Waals surface area contributed by atoms with E-state index in [-0.39, 0.29) is 11.7 Å². The first-order chi connectivity index (χ1) is 6.49. The van der Waals surface area contributed by atoms with Crippen molar-refractivity contribution in [3.63, 3.8) is 0 Å². The Morgan fingerprint density at radius 3 is 2.57 bits per heavy atom. The zero-order chi connectivity index (χ0) is 10.9. The molecule has 1 aromatic rings. The van der Waals surface area contributed by atoms with E-state index in [2.05, 4.69) is 22.0 Å². The number of hydrogen-bond donors (Lipinski definition) is 1. The summed E-state index contributed by atoms with van der Waals surface area (Å²) in [4.78, 5) is 0. The van der Waals surface area contributed by atoms with E-state index in [4.69, 9.17) is 5.26 Å². The largest absolute Gasteiger partial charge is 0.506 e. The van der Waals surface area contributed by atoms with Crippen LogP contribution in [-0.2, 0) is 0 Å². The van der Waals surface area contributed by atoms with E-state index in [1.807, 2.05) is 26.8 Å². The molecule has 1 atom stereocenters. The molecular formula is C11H12BrNO. The molecule has 0 heterocycles. The third-order valence-corrected chi connectivity index (χ3v) is 3.35. The second-order valence-corrected chi connectivity index (χ2v) is 4.21. The molecule has 0 radical (unpaired) electrons. The summed E-state index contributed by atoms with van der Waals surface area (Å²) in [6.45, 7) is 5.57. The molecule has 0 aliphatic heterocycles. The first-order valence-corrected chi connectivity index (χ1v) is 5.16. The van der Waals surface area contributed by atoms with Crippen molar-refractivity contribution < 1.29 is 5.11 Å². The van der Waals surface area contributed by atoms with Gasteiger partial charge in [-0.15, -0.1) is 0 Å². The molecule has 0 bridgehead atoms. The molecule has 1 unspecified atom stereocenters. The number of aromatic hydroxyl groups is 1. The number of halogens is 1. The van der Waals surface area contributed by atoms with Gasteiger partial charge in [0.1, 0.15) is 5.75 Å². The van der Waals surface area contributed by atoms with Crippen molar-refractivity contribution in [1.29, 1.82) is 5.26 Å². The van der Waals surface area contributed by atoms with Crippen molar-refractivity contribution >= 4 is 15.9 Å². The molecule has 14 heavy (non-hydrogen) atoms. The fraction of sp³-hybridized carbons (Fsp3) is 0.364. The van der Waals surface area contributed by atoms with Gasteiger partial charge in [0.05, 0.1) is 16.5 Å². The zero-order valence-corrected chi connectivity index (χ0v) is 10.0. The summed E-state index contributed by atoms with van der Waals surface area (Å²) in [7, 11) is 0. The molecule has 0 aromatic heterocycles. The molecular weight excluding hydrogens is 242 g/mol. The molecule has 2 nitrogen and oxygen atoms in total. The van der Waals surface area contributed by atoms with E-state index in [9.17, 15) is 5.11 Å². The molecule has 0 saturated carbocycles. The molecule has 1 N–H and O–H groups in total. The van der Waals surface area contributed by atoms with Crippen LogP contribution in [0.25, 0.3) is 0 Å². The van der Waals surface area contributed by atoms with Crippen LogP contribution < -0.4 is 0 Å². The molecule has 0 amide bonds. The van der Waals surface area contributed by atoms with Gasteiger partial charge in [-0.05, 0) is 53.4 Å². The van der Waals surface area contributed by atoms with E-state index in [1.165, 1.54) is 0 Å². The fourth-order valence-corrected chi connectivity index (χ4v) is 1.95. The number of rotatable bonds is 1. The maximum Gasteiger partial charge on any atom is 0.132 e. The maximum absolute atomic E-state index is 9.64. The van der Waals surface area contributed by atoms with Gasteiger partial charge in [-0.1, -0.05) is 6.07 Å². The van der Waals surface area contributed by atoms with Crippen molar-refractivity contribution in [2.75, 3.05) is 0 Å². The average Bonchev–Trinajstić information content (AvgIpc) is 2.19. The van der Waals surface area contributed by atoms with Crippen LogP contribution in [0.2, 0.25) is 0 Å². The minimum Gasteiger partial charge on any atom is -0.506 e. The summed E-state index contributed by atoms with van der Waals surface area (Å²) < 4.78 is 0.689. The lowest BCUT2D eigenvalue weighted by atomic mass is 9.95. The summed E-state index contributed by atoms with van der Waals surface area (Å²) in [5.74, 6) is 0.113. The molecule has 0 fully saturated rings. The fourth-order valence-electron chi connectivity index (χ4n) is 1.41. The van der Waals surface area contributed by atoms with Gasteiger partial charge in [-0.25, -0.2) is 0 Å². The van der Waals surface area contributed by atoms with E-state index < -0.39 is 0 Å². The molecule has 1 rings (SSSR count). The zero-order valence-electron chi connectivity index (χ0n) is 8.43. The number of aryl methyl sites for hydroxylation is 1. The Kier molecular flexibility index (Phi) is 3.17. The highest BCUT2D eigenvalue weighted by Crippen LogP contribution is 2.35. The Bertz CT molecular complexity index is 407. The lowest BCUT2D eigenvalue weighted by Crippen LogP contribution is -1.96. The van der Waals surface area contributed by atoms with Crippen LogP contribution >= 0.6 is 15.9 Å². The van der Waals surface area contributed by atoms with Gasteiger partial charge in [0.2, 0.25) is 0 Å². The Morgan fingerprint density at radius 1 is 1.50 bits per heavy atom. The van der Waals surface area contributed by atoms with Gasteiger partial charge in [-0.3, -0.25) is 0 Å². The summed E-state index contributed by atoms with van der Waals surface area (Å²) in [6, 6.07) is 4.06. The molecule has 3 heteroatoms. The molecule has 0 aliphatic rings. The van der Waals surface area contributed by atoms with Crippen molar-refractivity contribution in [2.45, 2.75) is 26.7 Å². The predicted octanol–water partition coefficient (Wildman–Crippen LogP) is 3.40. The van der Waals surface area contributed by atoms with E-state index in [0.717, 1.165) is 16.7 Å². The lowest BCUT2D eigenvalue weighted by Gasteiger charge is -2.12. The Hall–Kier alpha value is -1.01. The highest BCUT2D eigenvalue weighted by molar-refractivity contribution is 9.10. The van der Waals surface area contributed by atoms with Crippen molar-refractivity contribution in [3.05, 3.63) is 27.2 Å². The SMILES string of the molecule is Cc1cc(C(C)C#N)c(C)c(Br)c1O. The van der Waals surface area contributed by atoms with Gasteiger partial charge < -0.3 is 5.11 Å². The molecule has 1 aromatic carbocycles. The van der Waals surface area contributed by atoms with Crippen LogP contribution in [-0.4, -0.2) is 5.11 Å². The predicted molar refractivity (Wildman–Crippen MR) is 59.3 cm³/mol. The van der Waals surface area contributed by atoms with Crippen LogP contribution in [0.15, 0.2) is 10.5 Å². The Balaban J connectivity index is 3.42. The monoisotopic (exact) mass is 253 g/mol. The summed E-state index contributed by atoms with van der Waals surface area (Å²) >= 11 is 3.32. The highest BCUT2D eigenvalue weighted by atomic mass is 79.9. The third kappa shape index (κ3) is 1.76. The van der Waals surface area contributed by atoms with Crippen LogP contribution in [0.5, 0.6) is 5.75 Å². The van der Waals surface area contributed by atoms with Crippen LogP contribution in [0, 0.1) is 25.2 Å². The standard InChI is InChI=1S/C11H12BrNO/c1-6-4-9(7(2)5-13)8(3)10(12)11(6)14/h4,7,14H,1-3H3. The topological polar surface area (TPSA) is 44.0 Å². The average molecular weight is 254 g/mol. The molecule has 0 saturated heterocycles. The van der Waals surface area contributed by atoms with Gasteiger partial charge in [-0.2, -0.15) is 5.26 Å². The third-order valence-electron chi connectivity index (χ3n) is 2.38. The Morgan fingerprint density at radius 2 is 2.07 bits per heavy atom. The number of phenolic OH excluding ortho intramolecular Hbond substituents is 1. The normalized spacial score (nSPS) is 12.2. The summed E-state index contributed by atoms with van der Waals surface area (Å²) in [5.41, 5.74) is 2.69. The number of benzene rings is 1. The van der Waals surface area contributed by atoms with Gasteiger partial charge in [0.15, 0.2) is 0 Å². The van der Waals surface area contributed by atoms with Crippen molar-refractivity contribution in [2.24, 2.45) is 0 Å². The van der Waals surface area contributed by atoms with Crippen molar-refractivity contribution in [1.82, 2.24) is 0 Å². The van der Waals surface area contributed by atoms with Crippen LogP contribution in [0.4, 0.5) is 0 Å². The van der Waals surface area contributed by atoms with E-state index >= 15 is 0 Å². The second kappa shape index (κ2) is 4.02. The first-order valence-electron chi connectivity index (χ1n) is 4.37. The lowest BCUT2D eigenvalue weighted by molar-refractivity contribution is 0.466. The smallest absolute Gasteiger partial charge is 0.132 e. The van der Waals surface area contributed by atoms with Crippen LogP contribution in [0.1, 0.15) is 29.5 Å². The number of phenols is 1. The van der Waals surface area contributed by atoms with E-state index in [1.54, 1.807) is 0 Å². The summed E-state index contributed by atoms with van der Waals surface area (Å²) in [6.07, 6.45) is 0. The molecule has 74 valence electrons. The number of hydrogen-bond acceptors (Lipinski definition) is 2. The first kappa shape index (κ1) is 11.1. The quantitative estimate of drug-likeness (QED) is 0.834. The number of nitriles is 1. The minimum atomic E-state index is -0.148. The second-order valence-electron chi connectivity index (χ2n) is 3.42. The maximum atomic E-state index is 9.64. The molecule has 0 spiro atoms. The Labute approximate surface area is 92.3 Å². The summed E-state index contributed by atoms with van der Waals surface area (Å²) in [5, 5.41) is 18.5. The van der Waals surface area contributed by atoms with Crippen LogP contribution in [0.3, 0.4) is 0 Å². The van der Waals surface area contributed by atoms with Gasteiger partial charge in [0.25, 0.3) is 0 Å². The molecule has 0 aliphatic carbocycles. The van der Waals surface area contributed by atoms with Gasteiger partial charge in [0, 0.05) is 0 Å². The minimum absolute atomic E-state index is 0.148. The highest BCUT2D eigenvalue weighted by Gasteiger charge is 2.14. The van der Waals surface area contributed by atoms with Crippen molar-refractivity contribution in [3.8, 4) is 11.8 Å². The number of nitrogens with zero attached hydrogens (tertiary/aromatic N) is 1. The van der Waals surface area contributed by atoms with Gasteiger partial charge >= 0.3 is 0 Å². The van der Waals surface area contributed by atoms with E-state index in [0.29, 0.717) is 4.47 Å².